The largest absolute Gasteiger partial charge is 0.573 e. The number of hydrogen-bond acceptors (Lipinski definition) is 3. The number of hydrogen-bond donors (Lipinski definition) is 2. The van der Waals surface area contributed by atoms with Gasteiger partial charge in [0.05, 0.1) is 0 Å². The number of aliphatic imine (C=N–C) groups is 1. The molecule has 1 aromatic rings. The normalized spacial score (nSPS) is 11.6. The van der Waals surface area contributed by atoms with Crippen molar-refractivity contribution >= 4 is 29.9 Å². The molecule has 0 aliphatic rings. The second kappa shape index (κ2) is 13.0. The third-order valence-corrected chi connectivity index (χ3v) is 2.98. The molecule has 5 nitrogen and oxygen atoms in total. The molecule has 0 heterocycles. The van der Waals surface area contributed by atoms with Gasteiger partial charge in [-0.3, -0.25) is 4.99 Å². The highest BCUT2D eigenvalue weighted by molar-refractivity contribution is 14.0. The van der Waals surface area contributed by atoms with E-state index in [2.05, 4.69) is 20.4 Å². The van der Waals surface area contributed by atoms with Crippen LogP contribution >= 0.6 is 24.0 Å². The summed E-state index contributed by atoms with van der Waals surface area (Å²) in [6.45, 7) is 4.67. The van der Waals surface area contributed by atoms with Crippen LogP contribution in [0.1, 0.15) is 18.9 Å². The summed E-state index contributed by atoms with van der Waals surface area (Å²) in [5, 5.41) is 6.32. The highest BCUT2D eigenvalue weighted by Gasteiger charge is 2.30. The van der Waals surface area contributed by atoms with Gasteiger partial charge in [-0.15, -0.1) is 37.1 Å². The summed E-state index contributed by atoms with van der Waals surface area (Å²) in [6, 6.07) is 5.86. The molecular weight excluding hydrogens is 450 g/mol. The summed E-state index contributed by atoms with van der Waals surface area (Å²) in [6.07, 6.45) is -3.16. The third kappa shape index (κ3) is 11.9. The maximum atomic E-state index is 12.1. The predicted molar refractivity (Wildman–Crippen MR) is 103 cm³/mol. The number of rotatable bonds is 9. The zero-order valence-electron chi connectivity index (χ0n) is 14.4. The fourth-order valence-electron chi connectivity index (χ4n) is 1.92. The van der Waals surface area contributed by atoms with E-state index in [0.717, 1.165) is 18.5 Å². The molecule has 0 aliphatic heterocycles. The average Bonchev–Trinajstić information content (AvgIpc) is 2.52. The Morgan fingerprint density at radius 1 is 1.16 bits per heavy atom. The number of nitrogens with zero attached hydrogens (tertiary/aromatic N) is 1. The van der Waals surface area contributed by atoms with E-state index in [1.807, 2.05) is 6.92 Å². The lowest BCUT2D eigenvalue weighted by Crippen LogP contribution is -2.38. The molecule has 2 N–H and O–H groups in total. The number of nitrogens with one attached hydrogen (secondary N) is 2. The molecular formula is C16H25F3IN3O2. The summed E-state index contributed by atoms with van der Waals surface area (Å²) < 4.78 is 45.1. The minimum absolute atomic E-state index is 0. The van der Waals surface area contributed by atoms with Gasteiger partial charge in [-0.1, -0.05) is 12.1 Å². The van der Waals surface area contributed by atoms with Crippen molar-refractivity contribution in [1.82, 2.24) is 10.6 Å². The first-order chi connectivity index (χ1) is 11.4. The van der Waals surface area contributed by atoms with Crippen LogP contribution in [-0.4, -0.2) is 45.7 Å². The maximum Gasteiger partial charge on any atom is 0.573 e. The van der Waals surface area contributed by atoms with E-state index >= 15 is 0 Å². The van der Waals surface area contributed by atoms with Crippen LogP contribution in [0.3, 0.4) is 0 Å². The van der Waals surface area contributed by atoms with Crippen molar-refractivity contribution in [2.45, 2.75) is 26.1 Å². The standard InChI is InChI=1S/C16H24F3N3O2.HI/c1-3-20-15(21-10-4-12-23-2)22-11-9-13-5-7-14(8-6-13)24-16(17,18)19;/h5-8H,3-4,9-12H2,1-2H3,(H2,20,21,22);1H. The molecule has 0 aliphatic carbocycles. The fraction of sp³-hybridized carbons (Fsp3) is 0.562. The van der Waals surface area contributed by atoms with E-state index in [9.17, 15) is 13.2 Å². The summed E-state index contributed by atoms with van der Waals surface area (Å²) in [5.74, 6) is 0.498. The third-order valence-electron chi connectivity index (χ3n) is 2.98. The predicted octanol–water partition coefficient (Wildman–Crippen LogP) is 3.34. The van der Waals surface area contributed by atoms with E-state index in [0.29, 0.717) is 32.1 Å². The van der Waals surface area contributed by atoms with Crippen LogP contribution in [0.4, 0.5) is 13.2 Å². The van der Waals surface area contributed by atoms with Crippen LogP contribution in [0.5, 0.6) is 5.75 Å². The van der Waals surface area contributed by atoms with E-state index < -0.39 is 6.36 Å². The Labute approximate surface area is 163 Å². The van der Waals surface area contributed by atoms with E-state index in [4.69, 9.17) is 4.74 Å². The summed E-state index contributed by atoms with van der Waals surface area (Å²) in [7, 11) is 1.65. The molecule has 0 amide bonds. The first-order valence-corrected chi connectivity index (χ1v) is 7.80. The van der Waals surface area contributed by atoms with Crippen LogP contribution in [0.2, 0.25) is 0 Å². The van der Waals surface area contributed by atoms with Gasteiger partial charge in [0.25, 0.3) is 0 Å². The highest BCUT2D eigenvalue weighted by atomic mass is 127. The number of guanidine groups is 1. The Morgan fingerprint density at radius 3 is 2.40 bits per heavy atom. The van der Waals surface area contributed by atoms with Gasteiger partial charge in [-0.2, -0.15) is 0 Å². The lowest BCUT2D eigenvalue weighted by Gasteiger charge is -2.12. The van der Waals surface area contributed by atoms with Crippen LogP contribution in [0, 0.1) is 0 Å². The molecule has 144 valence electrons. The average molecular weight is 475 g/mol. The number of methoxy groups -OCH3 is 1. The first-order valence-electron chi connectivity index (χ1n) is 7.80. The number of alkyl halides is 3. The van der Waals surface area contributed by atoms with E-state index in [1.54, 1.807) is 19.2 Å². The lowest BCUT2D eigenvalue weighted by atomic mass is 10.1. The second-order valence-corrected chi connectivity index (χ2v) is 4.98. The summed E-state index contributed by atoms with van der Waals surface area (Å²) in [4.78, 5) is 4.41. The van der Waals surface area contributed by atoms with Crippen molar-refractivity contribution in [3.05, 3.63) is 29.8 Å². The molecule has 0 unspecified atom stereocenters. The molecule has 0 radical (unpaired) electrons. The fourth-order valence-corrected chi connectivity index (χ4v) is 1.92. The molecule has 0 aromatic heterocycles. The quantitative estimate of drug-likeness (QED) is 0.249. The molecule has 0 spiro atoms. The van der Waals surface area contributed by atoms with Crippen molar-refractivity contribution in [3.8, 4) is 5.75 Å². The number of benzene rings is 1. The Bertz CT molecular complexity index is 496. The summed E-state index contributed by atoms with van der Waals surface area (Å²) >= 11 is 0. The van der Waals surface area contributed by atoms with Gasteiger partial charge in [0, 0.05) is 33.4 Å². The van der Waals surface area contributed by atoms with Gasteiger partial charge < -0.3 is 20.1 Å². The molecule has 0 saturated heterocycles. The van der Waals surface area contributed by atoms with Crippen LogP contribution in [-0.2, 0) is 11.2 Å². The van der Waals surface area contributed by atoms with Crippen molar-refractivity contribution < 1.29 is 22.6 Å². The molecule has 1 rings (SSSR count). The minimum Gasteiger partial charge on any atom is -0.406 e. The lowest BCUT2D eigenvalue weighted by molar-refractivity contribution is -0.274. The van der Waals surface area contributed by atoms with Crippen molar-refractivity contribution in [2.75, 3.05) is 33.4 Å². The second-order valence-electron chi connectivity index (χ2n) is 4.98. The molecule has 0 fully saturated rings. The zero-order valence-corrected chi connectivity index (χ0v) is 16.7. The van der Waals surface area contributed by atoms with Gasteiger partial charge >= 0.3 is 6.36 Å². The number of ether oxygens (including phenoxy) is 2. The van der Waals surface area contributed by atoms with Gasteiger partial charge in [-0.25, -0.2) is 0 Å². The summed E-state index contributed by atoms with van der Waals surface area (Å²) in [5.41, 5.74) is 0.909. The Morgan fingerprint density at radius 2 is 1.84 bits per heavy atom. The van der Waals surface area contributed by atoms with E-state index in [-0.39, 0.29) is 29.7 Å². The van der Waals surface area contributed by atoms with Gasteiger partial charge in [0.1, 0.15) is 5.75 Å². The molecule has 25 heavy (non-hydrogen) atoms. The Hall–Kier alpha value is -1.23. The SMILES string of the molecule is CCNC(=NCCCOC)NCCc1ccc(OC(F)(F)F)cc1.I. The Balaban J connectivity index is 0.00000576. The van der Waals surface area contributed by atoms with Crippen molar-refractivity contribution in [2.24, 2.45) is 4.99 Å². The molecule has 0 atom stereocenters. The monoisotopic (exact) mass is 475 g/mol. The van der Waals surface area contributed by atoms with Gasteiger partial charge in [-0.05, 0) is 37.5 Å². The van der Waals surface area contributed by atoms with Gasteiger partial charge in [0.2, 0.25) is 0 Å². The highest BCUT2D eigenvalue weighted by Crippen LogP contribution is 2.22. The Kier molecular flexibility index (Phi) is 12.4. The van der Waals surface area contributed by atoms with Crippen LogP contribution in [0.25, 0.3) is 0 Å². The zero-order chi connectivity index (χ0) is 17.8. The smallest absolute Gasteiger partial charge is 0.406 e. The first kappa shape index (κ1) is 23.8. The molecule has 0 saturated carbocycles. The molecule has 1 aromatic carbocycles. The number of halogens is 4. The topological polar surface area (TPSA) is 54.9 Å². The van der Waals surface area contributed by atoms with Crippen molar-refractivity contribution in [1.29, 1.82) is 0 Å². The minimum atomic E-state index is -4.66. The van der Waals surface area contributed by atoms with Crippen LogP contribution in [0.15, 0.2) is 29.3 Å². The van der Waals surface area contributed by atoms with Gasteiger partial charge in [0.15, 0.2) is 5.96 Å². The van der Waals surface area contributed by atoms with E-state index in [1.165, 1.54) is 12.1 Å². The van der Waals surface area contributed by atoms with Crippen LogP contribution < -0.4 is 15.4 Å². The molecule has 0 bridgehead atoms. The molecule has 9 heteroatoms. The maximum absolute atomic E-state index is 12.1. The van der Waals surface area contributed by atoms with Crippen molar-refractivity contribution in [3.63, 3.8) is 0 Å².